The number of fused-ring (bicyclic) bond motifs is 1. The second-order valence-corrected chi connectivity index (χ2v) is 3.32. The Morgan fingerprint density at radius 1 is 1.29 bits per heavy atom. The molecular weight excluding hydrogens is 226 g/mol. The number of hydrazine groups is 1. The molecule has 7 heteroatoms. The van der Waals surface area contributed by atoms with Gasteiger partial charge in [0.2, 0.25) is 6.79 Å². The molecule has 0 aliphatic carbocycles. The Labute approximate surface area is 96.8 Å². The number of rotatable bonds is 3. The van der Waals surface area contributed by atoms with Crippen molar-refractivity contribution in [2.24, 2.45) is 5.84 Å². The van der Waals surface area contributed by atoms with E-state index in [1.807, 2.05) is 5.43 Å². The number of hydrogen-bond donors (Lipinski definition) is 3. The van der Waals surface area contributed by atoms with Crippen molar-refractivity contribution in [2.75, 3.05) is 13.3 Å². The minimum atomic E-state index is -0.473. The quantitative estimate of drug-likeness (QED) is 0.360. The van der Waals surface area contributed by atoms with Crippen LogP contribution in [-0.2, 0) is 4.79 Å². The molecule has 1 aliphatic heterocycles. The van der Waals surface area contributed by atoms with E-state index in [0.29, 0.717) is 17.1 Å². The molecule has 0 saturated carbocycles. The summed E-state index contributed by atoms with van der Waals surface area (Å²) in [5.74, 6) is 5.14. The molecule has 2 amide bonds. The summed E-state index contributed by atoms with van der Waals surface area (Å²) in [7, 11) is 0. The Bertz CT molecular complexity index is 461. The maximum Gasteiger partial charge on any atom is 0.253 e. The Balaban J connectivity index is 2.02. The Morgan fingerprint density at radius 2 is 2.06 bits per heavy atom. The largest absolute Gasteiger partial charge is 0.454 e. The molecule has 0 aromatic heterocycles. The van der Waals surface area contributed by atoms with Crippen LogP contribution in [-0.4, -0.2) is 25.2 Å². The third-order valence-corrected chi connectivity index (χ3v) is 2.21. The summed E-state index contributed by atoms with van der Waals surface area (Å²) in [6.07, 6.45) is 0. The number of carbonyl (C=O) groups is 2. The lowest BCUT2D eigenvalue weighted by Crippen LogP contribution is -2.40. The summed E-state index contributed by atoms with van der Waals surface area (Å²) >= 11 is 0. The third-order valence-electron chi connectivity index (χ3n) is 2.21. The maximum absolute atomic E-state index is 11.6. The fraction of sp³-hybridized carbons (Fsp3) is 0.200. The SMILES string of the molecule is NNC(=O)CNC(=O)c1ccc2c(c1)OCO2. The van der Waals surface area contributed by atoms with E-state index in [1.165, 1.54) is 0 Å². The van der Waals surface area contributed by atoms with Gasteiger partial charge in [-0.25, -0.2) is 5.84 Å². The zero-order chi connectivity index (χ0) is 12.3. The van der Waals surface area contributed by atoms with Gasteiger partial charge in [0.15, 0.2) is 11.5 Å². The van der Waals surface area contributed by atoms with Gasteiger partial charge in [-0.2, -0.15) is 0 Å². The van der Waals surface area contributed by atoms with Crippen molar-refractivity contribution < 1.29 is 19.1 Å². The smallest absolute Gasteiger partial charge is 0.253 e. The predicted molar refractivity (Wildman–Crippen MR) is 57.2 cm³/mol. The molecule has 0 bridgehead atoms. The van der Waals surface area contributed by atoms with Gasteiger partial charge in [0.1, 0.15) is 0 Å². The van der Waals surface area contributed by atoms with Gasteiger partial charge in [-0.1, -0.05) is 0 Å². The minimum absolute atomic E-state index is 0.149. The normalized spacial score (nSPS) is 12.1. The van der Waals surface area contributed by atoms with Crippen LogP contribution in [0.4, 0.5) is 0 Å². The van der Waals surface area contributed by atoms with Gasteiger partial charge in [-0.05, 0) is 18.2 Å². The number of amides is 2. The summed E-state index contributed by atoms with van der Waals surface area (Å²) in [4.78, 5) is 22.5. The first-order chi connectivity index (χ1) is 8.20. The van der Waals surface area contributed by atoms with Crippen LogP contribution in [0.5, 0.6) is 11.5 Å². The lowest BCUT2D eigenvalue weighted by molar-refractivity contribution is -0.120. The molecule has 1 aliphatic rings. The minimum Gasteiger partial charge on any atom is -0.454 e. The number of nitrogens with one attached hydrogen (secondary N) is 2. The average Bonchev–Trinajstić information content (AvgIpc) is 2.82. The summed E-state index contributed by atoms with van der Waals surface area (Å²) < 4.78 is 10.2. The van der Waals surface area contributed by atoms with Crippen LogP contribution >= 0.6 is 0 Å². The molecule has 7 nitrogen and oxygen atoms in total. The Hall–Kier alpha value is -2.28. The van der Waals surface area contributed by atoms with Crippen molar-refractivity contribution in [3.63, 3.8) is 0 Å². The first-order valence-electron chi connectivity index (χ1n) is 4.88. The van der Waals surface area contributed by atoms with E-state index >= 15 is 0 Å². The monoisotopic (exact) mass is 237 g/mol. The number of ether oxygens (including phenoxy) is 2. The van der Waals surface area contributed by atoms with Crippen LogP contribution < -0.4 is 26.1 Å². The van der Waals surface area contributed by atoms with Gasteiger partial charge in [0, 0.05) is 5.56 Å². The van der Waals surface area contributed by atoms with E-state index in [1.54, 1.807) is 18.2 Å². The van der Waals surface area contributed by atoms with E-state index in [9.17, 15) is 9.59 Å². The highest BCUT2D eigenvalue weighted by molar-refractivity contribution is 5.97. The van der Waals surface area contributed by atoms with Crippen molar-refractivity contribution in [3.05, 3.63) is 23.8 Å². The molecule has 0 unspecified atom stereocenters. The highest BCUT2D eigenvalue weighted by Gasteiger charge is 2.16. The molecule has 17 heavy (non-hydrogen) atoms. The van der Waals surface area contributed by atoms with Gasteiger partial charge in [0.25, 0.3) is 11.8 Å². The van der Waals surface area contributed by atoms with E-state index in [-0.39, 0.29) is 19.2 Å². The summed E-state index contributed by atoms with van der Waals surface area (Å²) in [5, 5.41) is 2.41. The van der Waals surface area contributed by atoms with Crippen LogP contribution in [0.3, 0.4) is 0 Å². The molecule has 90 valence electrons. The summed E-state index contributed by atoms with van der Waals surface area (Å²) in [6, 6.07) is 4.78. The standard InChI is InChI=1S/C10H11N3O4/c11-13-9(14)4-12-10(15)6-1-2-7-8(3-6)17-5-16-7/h1-3H,4-5,11H2,(H,12,15)(H,13,14). The van der Waals surface area contributed by atoms with E-state index < -0.39 is 5.91 Å². The molecule has 4 N–H and O–H groups in total. The molecule has 0 fully saturated rings. The Morgan fingerprint density at radius 3 is 2.82 bits per heavy atom. The van der Waals surface area contributed by atoms with Crippen LogP contribution in [0.1, 0.15) is 10.4 Å². The van der Waals surface area contributed by atoms with Crippen LogP contribution in [0, 0.1) is 0 Å². The topological polar surface area (TPSA) is 103 Å². The molecule has 0 saturated heterocycles. The van der Waals surface area contributed by atoms with Gasteiger partial charge in [-0.3, -0.25) is 15.0 Å². The summed E-state index contributed by atoms with van der Waals surface area (Å²) in [5.41, 5.74) is 2.30. The molecule has 1 aromatic rings. The zero-order valence-electron chi connectivity index (χ0n) is 8.86. The van der Waals surface area contributed by atoms with Gasteiger partial charge < -0.3 is 14.8 Å². The van der Waals surface area contributed by atoms with Crippen molar-refractivity contribution in [1.29, 1.82) is 0 Å². The van der Waals surface area contributed by atoms with Crippen molar-refractivity contribution in [1.82, 2.24) is 10.7 Å². The molecule has 0 radical (unpaired) electrons. The molecule has 2 rings (SSSR count). The first kappa shape index (κ1) is 11.2. The van der Waals surface area contributed by atoms with Crippen molar-refractivity contribution >= 4 is 11.8 Å². The van der Waals surface area contributed by atoms with Gasteiger partial charge in [-0.15, -0.1) is 0 Å². The van der Waals surface area contributed by atoms with Crippen LogP contribution in [0.2, 0.25) is 0 Å². The second kappa shape index (κ2) is 4.71. The van der Waals surface area contributed by atoms with Crippen molar-refractivity contribution in [3.8, 4) is 11.5 Å². The van der Waals surface area contributed by atoms with Crippen molar-refractivity contribution in [2.45, 2.75) is 0 Å². The lowest BCUT2D eigenvalue weighted by Gasteiger charge is -2.04. The summed E-state index contributed by atoms with van der Waals surface area (Å²) in [6.45, 7) is -0.0280. The number of nitrogens with two attached hydrogens (primary N) is 1. The first-order valence-corrected chi connectivity index (χ1v) is 4.88. The van der Waals surface area contributed by atoms with E-state index in [0.717, 1.165) is 0 Å². The van der Waals surface area contributed by atoms with E-state index in [2.05, 4.69) is 5.32 Å². The van der Waals surface area contributed by atoms with E-state index in [4.69, 9.17) is 15.3 Å². The number of hydrogen-bond acceptors (Lipinski definition) is 5. The fourth-order valence-electron chi connectivity index (χ4n) is 1.35. The molecule has 0 spiro atoms. The highest BCUT2D eigenvalue weighted by atomic mass is 16.7. The predicted octanol–water partition coefficient (Wildman–Crippen LogP) is -0.865. The molecule has 1 heterocycles. The molecule has 0 atom stereocenters. The fourth-order valence-corrected chi connectivity index (χ4v) is 1.35. The lowest BCUT2D eigenvalue weighted by atomic mass is 10.2. The highest BCUT2D eigenvalue weighted by Crippen LogP contribution is 2.32. The van der Waals surface area contributed by atoms with Gasteiger partial charge in [0.05, 0.1) is 6.54 Å². The number of carbonyl (C=O) groups excluding carboxylic acids is 2. The number of benzene rings is 1. The molecule has 1 aromatic carbocycles. The average molecular weight is 237 g/mol. The zero-order valence-corrected chi connectivity index (χ0v) is 8.86. The second-order valence-electron chi connectivity index (χ2n) is 3.32. The third kappa shape index (κ3) is 2.45. The van der Waals surface area contributed by atoms with Crippen LogP contribution in [0.25, 0.3) is 0 Å². The van der Waals surface area contributed by atoms with Gasteiger partial charge >= 0.3 is 0 Å². The maximum atomic E-state index is 11.6. The van der Waals surface area contributed by atoms with Crippen LogP contribution in [0.15, 0.2) is 18.2 Å². The molecular formula is C10H11N3O4. The Kier molecular flexibility index (Phi) is 3.10.